The van der Waals surface area contributed by atoms with Crippen molar-refractivity contribution in [2.45, 2.75) is 45.4 Å². The summed E-state index contributed by atoms with van der Waals surface area (Å²) < 4.78 is 10.8. The van der Waals surface area contributed by atoms with Gasteiger partial charge in [0.2, 0.25) is 0 Å². The maximum Gasteiger partial charge on any atom is 0.338 e. The van der Waals surface area contributed by atoms with Crippen LogP contribution in [0.15, 0.2) is 48.5 Å². The van der Waals surface area contributed by atoms with Crippen LogP contribution in [-0.4, -0.2) is 18.5 Å². The summed E-state index contributed by atoms with van der Waals surface area (Å²) in [7, 11) is 0. The van der Waals surface area contributed by atoms with Crippen LogP contribution in [0.2, 0.25) is 0 Å². The van der Waals surface area contributed by atoms with E-state index in [2.05, 4.69) is 0 Å². The van der Waals surface area contributed by atoms with Gasteiger partial charge in [0.15, 0.2) is 0 Å². The molecule has 1 saturated carbocycles. The third kappa shape index (κ3) is 5.95. The molecule has 3 rings (SSSR count). The molecular formula is C23H26O4. The number of benzene rings is 2. The van der Waals surface area contributed by atoms with E-state index in [1.54, 1.807) is 24.3 Å². The molecular weight excluding hydrogens is 340 g/mol. The fourth-order valence-electron chi connectivity index (χ4n) is 3.33. The quantitative estimate of drug-likeness (QED) is 0.540. The molecule has 0 atom stereocenters. The first-order valence-electron chi connectivity index (χ1n) is 9.63. The fraction of sp³-hybridized carbons (Fsp3) is 0.391. The third-order valence-electron chi connectivity index (χ3n) is 4.97. The van der Waals surface area contributed by atoms with Gasteiger partial charge in [0.05, 0.1) is 18.6 Å². The molecule has 0 saturated heterocycles. The van der Waals surface area contributed by atoms with Crippen molar-refractivity contribution in [3.63, 3.8) is 0 Å². The molecule has 4 heteroatoms. The zero-order chi connectivity index (χ0) is 19.1. The summed E-state index contributed by atoms with van der Waals surface area (Å²) in [6.45, 7) is 2.50. The van der Waals surface area contributed by atoms with Gasteiger partial charge in [0.25, 0.3) is 0 Å². The van der Waals surface area contributed by atoms with Crippen molar-refractivity contribution in [1.82, 2.24) is 0 Å². The zero-order valence-electron chi connectivity index (χ0n) is 15.8. The Kier molecular flexibility index (Phi) is 6.64. The summed E-state index contributed by atoms with van der Waals surface area (Å²) in [5, 5.41) is 0. The van der Waals surface area contributed by atoms with Crippen molar-refractivity contribution in [2.75, 3.05) is 6.61 Å². The topological polar surface area (TPSA) is 52.6 Å². The van der Waals surface area contributed by atoms with Gasteiger partial charge < -0.3 is 9.47 Å². The number of ether oxygens (including phenoxy) is 2. The number of carbonyl (C=O) groups excluding carboxylic acids is 2. The number of hydrogen-bond donors (Lipinski definition) is 0. The van der Waals surface area contributed by atoms with Crippen LogP contribution in [0.1, 0.15) is 53.6 Å². The van der Waals surface area contributed by atoms with Gasteiger partial charge in [0, 0.05) is 0 Å². The van der Waals surface area contributed by atoms with E-state index in [9.17, 15) is 9.59 Å². The van der Waals surface area contributed by atoms with Crippen molar-refractivity contribution in [2.24, 2.45) is 5.92 Å². The normalized spacial score (nSPS) is 14.6. The molecule has 1 aliphatic carbocycles. The van der Waals surface area contributed by atoms with Crippen molar-refractivity contribution in [3.05, 3.63) is 65.2 Å². The molecule has 4 nitrogen and oxygen atoms in total. The molecule has 0 heterocycles. The molecule has 2 aromatic rings. The van der Waals surface area contributed by atoms with E-state index in [1.165, 1.54) is 19.3 Å². The molecule has 0 aromatic heterocycles. The van der Waals surface area contributed by atoms with Crippen molar-refractivity contribution in [1.29, 1.82) is 0 Å². The first-order valence-corrected chi connectivity index (χ1v) is 9.63. The van der Waals surface area contributed by atoms with Crippen LogP contribution in [0.5, 0.6) is 5.75 Å². The lowest BCUT2D eigenvalue weighted by atomic mass is 9.90. The highest BCUT2D eigenvalue weighted by Gasteiger charge is 2.16. The summed E-state index contributed by atoms with van der Waals surface area (Å²) in [5.74, 6) is 0.269. The molecule has 0 amide bonds. The molecule has 0 radical (unpaired) electrons. The van der Waals surface area contributed by atoms with Crippen LogP contribution < -0.4 is 4.74 Å². The minimum absolute atomic E-state index is 0.214. The summed E-state index contributed by atoms with van der Waals surface area (Å²) in [6, 6.07) is 14.3. The first kappa shape index (κ1) is 19.2. The Balaban J connectivity index is 1.48. The van der Waals surface area contributed by atoms with Gasteiger partial charge in [-0.2, -0.15) is 0 Å². The monoisotopic (exact) mass is 366 g/mol. The zero-order valence-corrected chi connectivity index (χ0v) is 15.8. The lowest BCUT2D eigenvalue weighted by Gasteiger charge is -2.21. The van der Waals surface area contributed by atoms with E-state index in [0.717, 1.165) is 24.0 Å². The Morgan fingerprint density at radius 3 is 2.26 bits per heavy atom. The van der Waals surface area contributed by atoms with Gasteiger partial charge in [0.1, 0.15) is 5.75 Å². The predicted octanol–water partition coefficient (Wildman–Crippen LogP) is 4.88. The Hall–Kier alpha value is -2.62. The van der Waals surface area contributed by atoms with Crippen LogP contribution in [0.3, 0.4) is 0 Å². The molecule has 0 N–H and O–H groups in total. The molecule has 27 heavy (non-hydrogen) atoms. The molecule has 142 valence electrons. The van der Waals surface area contributed by atoms with Crippen LogP contribution in [0, 0.1) is 12.8 Å². The summed E-state index contributed by atoms with van der Waals surface area (Å²) in [5.41, 5.74) is 2.54. The average molecular weight is 366 g/mol. The van der Waals surface area contributed by atoms with Gasteiger partial charge in [-0.3, -0.25) is 4.79 Å². The largest absolute Gasteiger partial charge is 0.462 e. The van der Waals surface area contributed by atoms with E-state index in [1.807, 2.05) is 31.2 Å². The summed E-state index contributed by atoms with van der Waals surface area (Å²) in [4.78, 5) is 24.2. The van der Waals surface area contributed by atoms with Crippen LogP contribution >= 0.6 is 0 Å². The van der Waals surface area contributed by atoms with Gasteiger partial charge in [-0.05, 0) is 55.5 Å². The minimum atomic E-state index is -0.327. The lowest BCUT2D eigenvalue weighted by molar-refractivity contribution is -0.133. The Bertz CT molecular complexity index is 756. The molecule has 2 aromatic carbocycles. The predicted molar refractivity (Wildman–Crippen MR) is 104 cm³/mol. The van der Waals surface area contributed by atoms with Crippen molar-refractivity contribution in [3.8, 4) is 5.75 Å². The Labute approximate surface area is 160 Å². The maximum absolute atomic E-state index is 12.2. The van der Waals surface area contributed by atoms with Gasteiger partial charge in [-0.1, -0.05) is 49.1 Å². The van der Waals surface area contributed by atoms with E-state index < -0.39 is 0 Å². The number of esters is 2. The van der Waals surface area contributed by atoms with Crippen molar-refractivity contribution >= 4 is 11.9 Å². The van der Waals surface area contributed by atoms with Crippen LogP contribution in [0.25, 0.3) is 0 Å². The van der Waals surface area contributed by atoms with Gasteiger partial charge >= 0.3 is 11.9 Å². The van der Waals surface area contributed by atoms with E-state index in [4.69, 9.17) is 9.47 Å². The Morgan fingerprint density at radius 1 is 0.926 bits per heavy atom. The van der Waals surface area contributed by atoms with E-state index >= 15 is 0 Å². The molecule has 0 bridgehead atoms. The second-order valence-electron chi connectivity index (χ2n) is 7.26. The minimum Gasteiger partial charge on any atom is -0.462 e. The highest BCUT2D eigenvalue weighted by Crippen LogP contribution is 2.24. The molecule has 1 aliphatic rings. The SMILES string of the molecule is Cc1ccc(CC(=O)Oc2ccc(C(=O)OCC3CCCCC3)cc2)cc1. The average Bonchev–Trinajstić information content (AvgIpc) is 2.69. The number of rotatable bonds is 6. The number of aryl methyl sites for hydroxylation is 1. The number of carbonyl (C=O) groups is 2. The smallest absolute Gasteiger partial charge is 0.338 e. The molecule has 0 spiro atoms. The van der Waals surface area contributed by atoms with Crippen LogP contribution in [0.4, 0.5) is 0 Å². The lowest BCUT2D eigenvalue weighted by Crippen LogP contribution is -2.16. The van der Waals surface area contributed by atoms with Gasteiger partial charge in [-0.25, -0.2) is 4.79 Å². The second kappa shape index (κ2) is 9.36. The third-order valence-corrected chi connectivity index (χ3v) is 4.97. The number of hydrogen-bond acceptors (Lipinski definition) is 4. The van der Waals surface area contributed by atoms with Crippen molar-refractivity contribution < 1.29 is 19.1 Å². The van der Waals surface area contributed by atoms with Crippen LogP contribution in [-0.2, 0) is 16.0 Å². The summed E-state index contributed by atoms with van der Waals surface area (Å²) >= 11 is 0. The fourth-order valence-corrected chi connectivity index (χ4v) is 3.33. The first-order chi connectivity index (χ1) is 13.1. The standard InChI is InChI=1S/C23H26O4/c1-17-7-9-18(10-8-17)15-22(24)27-21-13-11-20(12-14-21)23(25)26-16-19-5-3-2-4-6-19/h7-14,19H,2-6,15-16H2,1H3. The highest BCUT2D eigenvalue weighted by atomic mass is 16.5. The molecule has 0 unspecified atom stereocenters. The highest BCUT2D eigenvalue weighted by molar-refractivity contribution is 5.89. The van der Waals surface area contributed by atoms with E-state index in [-0.39, 0.29) is 18.4 Å². The van der Waals surface area contributed by atoms with E-state index in [0.29, 0.717) is 23.8 Å². The van der Waals surface area contributed by atoms with Gasteiger partial charge in [-0.15, -0.1) is 0 Å². The maximum atomic E-state index is 12.2. The second-order valence-corrected chi connectivity index (χ2v) is 7.26. The Morgan fingerprint density at radius 2 is 1.59 bits per heavy atom. The molecule has 0 aliphatic heterocycles. The summed E-state index contributed by atoms with van der Waals surface area (Å²) in [6.07, 6.45) is 6.24. The molecule has 1 fully saturated rings.